The summed E-state index contributed by atoms with van der Waals surface area (Å²) in [5.41, 5.74) is 16.8. The number of hydrogen-bond acceptors (Lipinski definition) is 5. The summed E-state index contributed by atoms with van der Waals surface area (Å²) in [5, 5.41) is 2.13. The molecule has 5 nitrogen and oxygen atoms in total. The Hall–Kier alpha value is -6.85. The van der Waals surface area contributed by atoms with Crippen molar-refractivity contribution >= 4 is 33.3 Å². The number of aromatic nitrogens is 3. The fourth-order valence-corrected chi connectivity index (χ4v) is 10.5. The summed E-state index contributed by atoms with van der Waals surface area (Å²) in [7, 11) is 0. The monoisotopic (exact) mass is 762 g/mol. The van der Waals surface area contributed by atoms with Crippen molar-refractivity contribution in [2.45, 2.75) is 56.9 Å². The second-order valence-electron chi connectivity index (χ2n) is 17.0. The number of anilines is 2. The van der Waals surface area contributed by atoms with Crippen molar-refractivity contribution in [2.75, 3.05) is 4.90 Å². The van der Waals surface area contributed by atoms with Gasteiger partial charge in [0.1, 0.15) is 11.2 Å². The van der Waals surface area contributed by atoms with Crippen LogP contribution in [0.5, 0.6) is 0 Å². The zero-order valence-corrected chi connectivity index (χ0v) is 33.2. The lowest BCUT2D eigenvalue weighted by molar-refractivity contribution is 0.402. The molecule has 1 saturated carbocycles. The van der Waals surface area contributed by atoms with E-state index in [-0.39, 0.29) is 5.41 Å². The third kappa shape index (κ3) is 5.34. The van der Waals surface area contributed by atoms with Crippen LogP contribution in [0, 0.1) is 0 Å². The molecule has 0 saturated heterocycles. The summed E-state index contributed by atoms with van der Waals surface area (Å²) in [5.74, 6) is 2.43. The Bertz CT molecular complexity index is 3050. The molecular weight excluding hydrogens is 721 g/mol. The largest absolute Gasteiger partial charge is 0.456 e. The van der Waals surface area contributed by atoms with E-state index in [1.54, 1.807) is 0 Å². The van der Waals surface area contributed by atoms with Crippen molar-refractivity contribution in [3.05, 3.63) is 174 Å². The molecule has 0 spiro atoms. The highest BCUT2D eigenvalue weighted by molar-refractivity contribution is 6.07. The minimum absolute atomic E-state index is 0.0293. The van der Waals surface area contributed by atoms with Gasteiger partial charge in [0.2, 0.25) is 0 Å². The summed E-state index contributed by atoms with van der Waals surface area (Å²) in [4.78, 5) is 17.6. The standard InChI is InChI=1S/C54H42N4O/c1-54(2)43-20-11-9-19-39(43)50-44(54)21-13-23-47(50)58-45-22-12-10-18-38(45)40-30-35(24-27-46(40)58)36-25-28-48-41(31-36)42-32-37(26-29-49(42)59-48)53-56-51(33-14-5-3-6-15-33)55-52(57-53)34-16-7-4-8-17-34/h3-9,11,13-17,19-21,23-32,38,45H,10,12,18,22H2,1-2H3. The number of fused-ring (bicyclic) bond motifs is 9. The maximum Gasteiger partial charge on any atom is 0.164 e. The van der Waals surface area contributed by atoms with Crippen LogP contribution in [-0.2, 0) is 5.41 Å². The van der Waals surface area contributed by atoms with Gasteiger partial charge < -0.3 is 9.32 Å². The predicted molar refractivity (Wildman–Crippen MR) is 240 cm³/mol. The molecule has 9 aromatic rings. The van der Waals surface area contributed by atoms with Gasteiger partial charge in [-0.1, -0.05) is 136 Å². The highest BCUT2D eigenvalue weighted by Crippen LogP contribution is 2.58. The third-order valence-corrected chi connectivity index (χ3v) is 13.4. The Kier molecular flexibility index (Phi) is 7.59. The molecule has 5 heteroatoms. The molecule has 0 radical (unpaired) electrons. The van der Waals surface area contributed by atoms with Gasteiger partial charge in [-0.05, 0) is 94.8 Å². The molecule has 0 amide bonds. The minimum atomic E-state index is -0.0293. The van der Waals surface area contributed by atoms with Gasteiger partial charge in [-0.2, -0.15) is 0 Å². The molecule has 1 aliphatic heterocycles. The van der Waals surface area contributed by atoms with Gasteiger partial charge >= 0.3 is 0 Å². The molecule has 12 rings (SSSR count). The van der Waals surface area contributed by atoms with Gasteiger partial charge in [-0.3, -0.25) is 0 Å². The van der Waals surface area contributed by atoms with E-state index in [0.29, 0.717) is 29.4 Å². The van der Waals surface area contributed by atoms with Gasteiger partial charge in [0.05, 0.1) is 0 Å². The molecule has 3 heterocycles. The lowest BCUT2D eigenvalue weighted by Crippen LogP contribution is -2.32. The lowest BCUT2D eigenvalue weighted by atomic mass is 9.81. The summed E-state index contributed by atoms with van der Waals surface area (Å²) >= 11 is 0. The first-order chi connectivity index (χ1) is 29.0. The summed E-state index contributed by atoms with van der Waals surface area (Å²) < 4.78 is 6.44. The number of benzene rings is 7. The Morgan fingerprint density at radius 2 is 1.08 bits per heavy atom. The Morgan fingerprint density at radius 3 is 1.81 bits per heavy atom. The fraction of sp³-hybridized carbons (Fsp3) is 0.167. The van der Waals surface area contributed by atoms with Crippen molar-refractivity contribution < 1.29 is 4.42 Å². The summed E-state index contributed by atoms with van der Waals surface area (Å²) in [6, 6.07) is 56.9. The normalized spacial score (nSPS) is 17.5. The Labute approximate surface area is 344 Å². The van der Waals surface area contributed by atoms with Gasteiger partial charge in [0, 0.05) is 61.8 Å². The first-order valence-corrected chi connectivity index (χ1v) is 21.0. The van der Waals surface area contributed by atoms with Crippen LogP contribution in [0.4, 0.5) is 11.4 Å². The topological polar surface area (TPSA) is 55.1 Å². The van der Waals surface area contributed by atoms with E-state index in [0.717, 1.165) is 38.6 Å². The van der Waals surface area contributed by atoms with Crippen LogP contribution in [0.15, 0.2) is 162 Å². The van der Waals surface area contributed by atoms with E-state index < -0.39 is 0 Å². The molecule has 2 unspecified atom stereocenters. The van der Waals surface area contributed by atoms with Crippen molar-refractivity contribution in [3.8, 4) is 56.4 Å². The van der Waals surface area contributed by atoms with Gasteiger partial charge in [0.15, 0.2) is 17.5 Å². The summed E-state index contributed by atoms with van der Waals surface area (Å²) in [6.45, 7) is 4.76. The van der Waals surface area contributed by atoms with E-state index in [1.165, 1.54) is 76.0 Å². The molecule has 7 aromatic carbocycles. The van der Waals surface area contributed by atoms with Crippen LogP contribution in [0.3, 0.4) is 0 Å². The van der Waals surface area contributed by atoms with Crippen LogP contribution in [0.2, 0.25) is 0 Å². The van der Waals surface area contributed by atoms with Crippen LogP contribution < -0.4 is 4.90 Å². The van der Waals surface area contributed by atoms with Crippen molar-refractivity contribution in [2.24, 2.45) is 0 Å². The maximum atomic E-state index is 6.44. The second kappa shape index (κ2) is 13.1. The zero-order chi connectivity index (χ0) is 39.2. The van der Waals surface area contributed by atoms with Crippen LogP contribution >= 0.6 is 0 Å². The number of hydrogen-bond donors (Lipinski definition) is 0. The highest BCUT2D eigenvalue weighted by Gasteiger charge is 2.44. The molecule has 2 aromatic heterocycles. The van der Waals surface area contributed by atoms with Crippen molar-refractivity contribution in [3.63, 3.8) is 0 Å². The molecule has 1 fully saturated rings. The molecule has 0 bridgehead atoms. The predicted octanol–water partition coefficient (Wildman–Crippen LogP) is 13.9. The van der Waals surface area contributed by atoms with Crippen LogP contribution in [-0.4, -0.2) is 21.0 Å². The van der Waals surface area contributed by atoms with Crippen LogP contribution in [0.25, 0.3) is 78.4 Å². The number of nitrogens with zero attached hydrogens (tertiary/aromatic N) is 4. The van der Waals surface area contributed by atoms with E-state index in [2.05, 4.69) is 110 Å². The average Bonchev–Trinajstić information content (AvgIpc) is 3.91. The number of rotatable bonds is 5. The van der Waals surface area contributed by atoms with Gasteiger partial charge in [0.25, 0.3) is 0 Å². The minimum Gasteiger partial charge on any atom is -0.456 e. The third-order valence-electron chi connectivity index (χ3n) is 13.4. The maximum absolute atomic E-state index is 6.44. The van der Waals surface area contributed by atoms with Crippen molar-refractivity contribution in [1.29, 1.82) is 0 Å². The molecule has 2 atom stereocenters. The van der Waals surface area contributed by atoms with Gasteiger partial charge in [-0.25, -0.2) is 15.0 Å². The van der Waals surface area contributed by atoms with Gasteiger partial charge in [-0.15, -0.1) is 0 Å². The second-order valence-corrected chi connectivity index (χ2v) is 17.0. The summed E-state index contributed by atoms with van der Waals surface area (Å²) in [6.07, 6.45) is 4.97. The van der Waals surface area contributed by atoms with E-state index in [9.17, 15) is 0 Å². The first kappa shape index (κ1) is 34.2. The number of furan rings is 1. The quantitative estimate of drug-likeness (QED) is 0.175. The lowest BCUT2D eigenvalue weighted by Gasteiger charge is -2.35. The van der Waals surface area contributed by atoms with Crippen LogP contribution in [0.1, 0.15) is 62.1 Å². The van der Waals surface area contributed by atoms with E-state index in [1.807, 2.05) is 66.7 Å². The molecule has 3 aliphatic rings. The van der Waals surface area contributed by atoms with Crippen molar-refractivity contribution in [1.82, 2.24) is 15.0 Å². The van der Waals surface area contributed by atoms with E-state index in [4.69, 9.17) is 19.4 Å². The Balaban J connectivity index is 0.957. The zero-order valence-electron chi connectivity index (χ0n) is 33.2. The average molecular weight is 763 g/mol. The molecule has 2 aliphatic carbocycles. The van der Waals surface area contributed by atoms with E-state index >= 15 is 0 Å². The highest BCUT2D eigenvalue weighted by atomic mass is 16.3. The fourth-order valence-electron chi connectivity index (χ4n) is 10.5. The Morgan fingerprint density at radius 1 is 0.508 bits per heavy atom. The smallest absolute Gasteiger partial charge is 0.164 e. The first-order valence-electron chi connectivity index (χ1n) is 21.0. The molecule has 284 valence electrons. The molecule has 0 N–H and O–H groups in total. The molecular formula is C54H42N4O. The molecule has 59 heavy (non-hydrogen) atoms. The SMILES string of the molecule is CC1(C)c2ccccc2-c2c(N3c4ccc(-c5ccc6oc7ccc(-c8nc(-c9ccccc9)nc(-c9ccccc9)n8)cc7c6c5)cc4C4CCCCC43)cccc21.